The molecule has 0 spiro atoms. The van der Waals surface area contributed by atoms with Crippen molar-refractivity contribution in [2.75, 3.05) is 12.4 Å². The van der Waals surface area contributed by atoms with Crippen LogP contribution >= 0.6 is 0 Å². The molecule has 11 heavy (non-hydrogen) atoms. The van der Waals surface area contributed by atoms with E-state index in [-0.39, 0.29) is 0 Å². The van der Waals surface area contributed by atoms with Crippen LogP contribution < -0.4 is 5.73 Å². The highest BCUT2D eigenvalue weighted by Gasteiger charge is 2.27. The summed E-state index contributed by atoms with van der Waals surface area (Å²) in [5.74, 6) is -0.604. The van der Waals surface area contributed by atoms with Gasteiger partial charge in [-0.2, -0.15) is 8.42 Å². The summed E-state index contributed by atoms with van der Waals surface area (Å²) in [5.41, 5.74) is 4.18. The largest absolute Gasteiger partial charge is 0.394 e. The van der Waals surface area contributed by atoms with Crippen LogP contribution in [0.5, 0.6) is 0 Å². The monoisotopic (exact) mass is 183 g/mol. The van der Waals surface area contributed by atoms with Gasteiger partial charge in [-0.25, -0.2) is 0 Å². The molecule has 0 rings (SSSR count). The average Bonchev–Trinajstić information content (AvgIpc) is 1.84. The highest BCUT2D eigenvalue weighted by atomic mass is 32.2. The Kier molecular flexibility index (Phi) is 3.43. The van der Waals surface area contributed by atoms with Crippen molar-refractivity contribution >= 4 is 10.1 Å². The van der Waals surface area contributed by atoms with Crippen LogP contribution in [-0.4, -0.2) is 36.0 Å². The van der Waals surface area contributed by atoms with Gasteiger partial charge in [-0.05, 0) is 6.42 Å². The third-order valence-electron chi connectivity index (χ3n) is 1.49. The van der Waals surface area contributed by atoms with E-state index in [4.69, 9.17) is 15.4 Å². The van der Waals surface area contributed by atoms with Crippen LogP contribution in [0.2, 0.25) is 0 Å². The molecule has 0 amide bonds. The van der Waals surface area contributed by atoms with Crippen molar-refractivity contribution in [1.82, 2.24) is 0 Å². The van der Waals surface area contributed by atoms with E-state index in [1.807, 2.05) is 0 Å². The van der Waals surface area contributed by atoms with Gasteiger partial charge in [-0.15, -0.1) is 0 Å². The van der Waals surface area contributed by atoms with E-state index < -0.39 is 28.0 Å². The molecule has 0 saturated heterocycles. The van der Waals surface area contributed by atoms with Crippen LogP contribution in [-0.2, 0) is 10.1 Å². The highest BCUT2D eigenvalue weighted by Crippen LogP contribution is 2.07. The quantitative estimate of drug-likeness (QED) is 0.484. The van der Waals surface area contributed by atoms with Crippen molar-refractivity contribution in [2.24, 2.45) is 5.73 Å². The molecule has 0 aliphatic carbocycles. The van der Waals surface area contributed by atoms with E-state index in [0.29, 0.717) is 6.42 Å². The lowest BCUT2D eigenvalue weighted by molar-refractivity contribution is 0.204. The summed E-state index contributed by atoms with van der Waals surface area (Å²) in [6.07, 6.45) is 0.295. The zero-order valence-electron chi connectivity index (χ0n) is 6.32. The highest BCUT2D eigenvalue weighted by molar-refractivity contribution is 7.85. The molecule has 0 fully saturated rings. The molecule has 0 aromatic heterocycles. The SMILES string of the molecule is CCC(N)(CO)CS(=O)(=O)O. The van der Waals surface area contributed by atoms with Crippen LogP contribution in [0.25, 0.3) is 0 Å². The lowest BCUT2D eigenvalue weighted by Gasteiger charge is -2.23. The maximum absolute atomic E-state index is 10.3. The van der Waals surface area contributed by atoms with Gasteiger partial charge in [-0.3, -0.25) is 4.55 Å². The minimum absolute atomic E-state index is 0.295. The minimum atomic E-state index is -4.09. The standard InChI is InChI=1S/C5H13NO4S/c1-2-5(6,3-7)4-11(8,9)10/h7H,2-4,6H2,1H3,(H,8,9,10). The maximum atomic E-state index is 10.3. The summed E-state index contributed by atoms with van der Waals surface area (Å²) in [7, 11) is -4.09. The normalized spacial score (nSPS) is 17.8. The Morgan fingerprint density at radius 2 is 2.00 bits per heavy atom. The van der Waals surface area contributed by atoms with Gasteiger partial charge in [0, 0.05) is 0 Å². The van der Waals surface area contributed by atoms with Crippen molar-refractivity contribution < 1.29 is 18.1 Å². The summed E-state index contributed by atoms with van der Waals surface area (Å²) in [6.45, 7) is 1.19. The Morgan fingerprint density at radius 1 is 1.55 bits per heavy atom. The van der Waals surface area contributed by atoms with Crippen LogP contribution in [0.15, 0.2) is 0 Å². The van der Waals surface area contributed by atoms with Gasteiger partial charge in [0.15, 0.2) is 0 Å². The molecule has 5 nitrogen and oxygen atoms in total. The summed E-state index contributed by atoms with van der Waals surface area (Å²) >= 11 is 0. The molecule has 0 aromatic rings. The molecular weight excluding hydrogens is 170 g/mol. The number of aliphatic hydroxyl groups is 1. The van der Waals surface area contributed by atoms with Gasteiger partial charge in [-0.1, -0.05) is 6.92 Å². The van der Waals surface area contributed by atoms with Gasteiger partial charge < -0.3 is 10.8 Å². The van der Waals surface area contributed by atoms with Gasteiger partial charge in [0.2, 0.25) is 0 Å². The van der Waals surface area contributed by atoms with Crippen LogP contribution in [0.3, 0.4) is 0 Å². The van der Waals surface area contributed by atoms with Gasteiger partial charge in [0.1, 0.15) is 0 Å². The summed E-state index contributed by atoms with van der Waals surface area (Å²) in [6, 6.07) is 0. The fraction of sp³-hybridized carbons (Fsp3) is 1.00. The predicted octanol–water partition coefficient (Wildman–Crippen LogP) is -1.03. The van der Waals surface area contributed by atoms with E-state index in [1.54, 1.807) is 6.92 Å². The van der Waals surface area contributed by atoms with E-state index in [9.17, 15) is 8.42 Å². The molecule has 1 atom stereocenters. The Morgan fingerprint density at radius 3 is 2.09 bits per heavy atom. The number of hydrogen-bond acceptors (Lipinski definition) is 4. The molecule has 1 unspecified atom stereocenters. The third-order valence-corrected chi connectivity index (χ3v) is 2.43. The van der Waals surface area contributed by atoms with Crippen molar-refractivity contribution in [3.63, 3.8) is 0 Å². The van der Waals surface area contributed by atoms with Crippen molar-refractivity contribution in [3.8, 4) is 0 Å². The molecule has 0 radical (unpaired) electrons. The first kappa shape index (κ1) is 10.8. The Labute approximate surface area is 66.0 Å². The van der Waals surface area contributed by atoms with Crippen LogP contribution in [0, 0.1) is 0 Å². The second kappa shape index (κ2) is 3.48. The molecule has 68 valence electrons. The summed E-state index contributed by atoms with van der Waals surface area (Å²) < 4.78 is 29.1. The summed E-state index contributed by atoms with van der Waals surface area (Å²) in [4.78, 5) is 0. The minimum Gasteiger partial charge on any atom is -0.394 e. The number of rotatable bonds is 4. The Bertz CT molecular complexity index is 207. The van der Waals surface area contributed by atoms with E-state index in [1.165, 1.54) is 0 Å². The molecule has 4 N–H and O–H groups in total. The van der Waals surface area contributed by atoms with Gasteiger partial charge in [0.25, 0.3) is 10.1 Å². The molecule has 0 aliphatic rings. The van der Waals surface area contributed by atoms with Crippen LogP contribution in [0.1, 0.15) is 13.3 Å². The van der Waals surface area contributed by atoms with Crippen LogP contribution in [0.4, 0.5) is 0 Å². The first-order chi connectivity index (χ1) is 4.83. The second-order valence-corrected chi connectivity index (χ2v) is 4.05. The second-order valence-electron chi connectivity index (χ2n) is 2.60. The fourth-order valence-corrected chi connectivity index (χ4v) is 1.64. The lowest BCUT2D eigenvalue weighted by Crippen LogP contribution is -2.48. The first-order valence-electron chi connectivity index (χ1n) is 3.18. The van der Waals surface area contributed by atoms with Gasteiger partial charge >= 0.3 is 0 Å². The predicted molar refractivity (Wildman–Crippen MR) is 40.7 cm³/mol. The molecule has 0 aliphatic heterocycles. The maximum Gasteiger partial charge on any atom is 0.266 e. The first-order valence-corrected chi connectivity index (χ1v) is 4.79. The van der Waals surface area contributed by atoms with Gasteiger partial charge in [0.05, 0.1) is 17.9 Å². The molecule has 0 saturated carbocycles. The lowest BCUT2D eigenvalue weighted by atomic mass is 10.0. The third kappa shape index (κ3) is 4.31. The van der Waals surface area contributed by atoms with Crippen molar-refractivity contribution in [2.45, 2.75) is 18.9 Å². The smallest absolute Gasteiger partial charge is 0.266 e. The van der Waals surface area contributed by atoms with E-state index in [0.717, 1.165) is 0 Å². The molecule has 0 aromatic carbocycles. The Hall–Kier alpha value is -0.170. The number of nitrogens with two attached hydrogens (primary N) is 1. The fourth-order valence-electron chi connectivity index (χ4n) is 0.623. The molecular formula is C5H13NO4S. The number of aliphatic hydroxyl groups excluding tert-OH is 1. The Balaban J connectivity index is 4.32. The molecule has 6 heteroatoms. The van der Waals surface area contributed by atoms with Crippen molar-refractivity contribution in [1.29, 1.82) is 0 Å². The molecule has 0 bridgehead atoms. The number of hydrogen-bond donors (Lipinski definition) is 3. The van der Waals surface area contributed by atoms with Crippen molar-refractivity contribution in [3.05, 3.63) is 0 Å². The zero-order chi connectivity index (χ0) is 9.12. The molecule has 0 heterocycles. The summed E-state index contributed by atoms with van der Waals surface area (Å²) in [5, 5.41) is 8.65. The van der Waals surface area contributed by atoms with E-state index >= 15 is 0 Å². The zero-order valence-corrected chi connectivity index (χ0v) is 7.13. The van der Waals surface area contributed by atoms with E-state index in [2.05, 4.69) is 0 Å². The average molecular weight is 183 g/mol. The topological polar surface area (TPSA) is 101 Å².